The molecular formula is C20H21F5N4O2S. The average Bonchev–Trinajstić information content (AvgIpc) is 2.64. The number of aryl methyl sites for hydroxylation is 1. The first-order valence-electron chi connectivity index (χ1n) is 9.66. The Balaban J connectivity index is 1.76. The maximum absolute atomic E-state index is 13.2. The molecule has 1 aliphatic rings. The number of hydrogen-bond donors (Lipinski definition) is 1. The predicted molar refractivity (Wildman–Crippen MR) is 113 cm³/mol. The third-order valence-corrected chi connectivity index (χ3v) is 6.55. The molecule has 12 heteroatoms. The van der Waals surface area contributed by atoms with Crippen molar-refractivity contribution >= 4 is 26.9 Å². The van der Waals surface area contributed by atoms with Crippen molar-refractivity contribution in [2.75, 3.05) is 18.5 Å². The Labute approximate surface area is 180 Å². The summed E-state index contributed by atoms with van der Waals surface area (Å²) in [6, 6.07) is 3.64. The molecule has 0 saturated carbocycles. The molecule has 0 unspecified atom stereocenters. The van der Waals surface area contributed by atoms with Crippen LogP contribution in [0.4, 0.5) is 25.2 Å². The van der Waals surface area contributed by atoms with Crippen molar-refractivity contribution < 1.29 is 24.2 Å². The molecule has 3 aromatic rings. The van der Waals surface area contributed by atoms with E-state index in [-0.39, 0.29) is 16.9 Å². The van der Waals surface area contributed by atoms with Crippen molar-refractivity contribution in [3.63, 3.8) is 0 Å². The Kier molecular flexibility index (Phi) is 4.50. The van der Waals surface area contributed by atoms with Crippen LogP contribution in [0.2, 0.25) is 0 Å². The molecule has 0 bridgehead atoms. The lowest BCUT2D eigenvalue weighted by Gasteiger charge is -2.40. The molecule has 32 heavy (non-hydrogen) atoms. The van der Waals surface area contributed by atoms with E-state index < -0.39 is 26.7 Å². The lowest BCUT2D eigenvalue weighted by Crippen LogP contribution is -2.53. The maximum Gasteiger partial charge on any atom is 0.310 e. The van der Waals surface area contributed by atoms with Gasteiger partial charge in [0.2, 0.25) is 0 Å². The van der Waals surface area contributed by atoms with Gasteiger partial charge in [-0.1, -0.05) is 31.6 Å². The van der Waals surface area contributed by atoms with Gasteiger partial charge in [-0.15, -0.1) is 0 Å². The van der Waals surface area contributed by atoms with Gasteiger partial charge in [-0.05, 0) is 38.5 Å². The van der Waals surface area contributed by atoms with Gasteiger partial charge in [0.25, 0.3) is 5.56 Å². The molecule has 0 aliphatic carbocycles. The number of nitrogens with one attached hydrogen (secondary N) is 1. The molecule has 0 radical (unpaired) electrons. The summed E-state index contributed by atoms with van der Waals surface area (Å²) >= 11 is 0. The van der Waals surface area contributed by atoms with E-state index in [0.29, 0.717) is 42.1 Å². The normalized spacial score (nSPS) is 19.0. The molecule has 4 rings (SSSR count). The first-order chi connectivity index (χ1) is 14.6. The molecule has 1 aliphatic heterocycles. The second-order valence-corrected chi connectivity index (χ2v) is 10.7. The number of fused-ring (bicyclic) bond motifs is 1. The first-order valence-corrected chi connectivity index (χ1v) is 11.6. The van der Waals surface area contributed by atoms with Crippen molar-refractivity contribution in [3.8, 4) is 0 Å². The number of ether oxygens (including phenoxy) is 1. The Bertz CT molecular complexity index is 1290. The van der Waals surface area contributed by atoms with E-state index in [1.165, 1.54) is 23.6 Å². The fourth-order valence-corrected chi connectivity index (χ4v) is 4.29. The highest BCUT2D eigenvalue weighted by atomic mass is 32.5. The van der Waals surface area contributed by atoms with Gasteiger partial charge in [0, 0.05) is 12.3 Å². The van der Waals surface area contributed by atoms with Crippen molar-refractivity contribution in [1.29, 1.82) is 0 Å². The summed E-state index contributed by atoms with van der Waals surface area (Å²) in [6.07, 6.45) is 1.58. The highest BCUT2D eigenvalue weighted by Gasteiger charge is 2.65. The second-order valence-electron chi connectivity index (χ2n) is 8.30. The Hall–Kier alpha value is -2.73. The van der Waals surface area contributed by atoms with Gasteiger partial charge in [0.1, 0.15) is 16.5 Å². The third-order valence-electron chi connectivity index (χ3n) is 5.41. The smallest absolute Gasteiger partial charge is 0.310 e. The van der Waals surface area contributed by atoms with Gasteiger partial charge in [-0.25, -0.2) is 9.97 Å². The van der Waals surface area contributed by atoms with E-state index in [1.807, 2.05) is 6.92 Å². The lowest BCUT2D eigenvalue weighted by molar-refractivity contribution is -0.0912. The van der Waals surface area contributed by atoms with Gasteiger partial charge in [-0.2, -0.15) is 0 Å². The Morgan fingerprint density at radius 1 is 1.16 bits per heavy atom. The molecule has 1 aromatic carbocycles. The quantitative estimate of drug-likeness (QED) is 0.480. The second kappa shape index (κ2) is 6.41. The van der Waals surface area contributed by atoms with Crippen molar-refractivity contribution in [2.24, 2.45) is 0 Å². The van der Waals surface area contributed by atoms with Crippen molar-refractivity contribution in [1.82, 2.24) is 14.5 Å². The van der Waals surface area contributed by atoms with Crippen LogP contribution >= 0.6 is 10.2 Å². The van der Waals surface area contributed by atoms with Gasteiger partial charge >= 0.3 is 10.2 Å². The fourth-order valence-electron chi connectivity index (χ4n) is 3.60. The molecule has 1 saturated heterocycles. The molecule has 3 heterocycles. The van der Waals surface area contributed by atoms with Crippen LogP contribution in [0, 0.1) is 6.92 Å². The summed E-state index contributed by atoms with van der Waals surface area (Å²) in [5, 5.41) is 3.45. The number of nitrogens with zero attached hydrogens (tertiary/aromatic N) is 3. The molecule has 1 N–H and O–H groups in total. The number of pyridine rings is 1. The zero-order valence-corrected chi connectivity index (χ0v) is 18.2. The average molecular weight is 476 g/mol. The maximum atomic E-state index is 13.2. The standard InChI is InChI=1S/C20H21F5N4O2S/c1-12(14-5-4-6-15(7-14)32(21,22,23,24)25)26-19-16-9-29(20(3)10-31-11-20)18(30)8-17(16)27-13(2)28-19/h4-9,12H,10-11H2,1-3H3,(H,26,27,28)/t12-/m1/s1. The van der Waals surface area contributed by atoms with Crippen LogP contribution < -0.4 is 10.9 Å². The molecular weight excluding hydrogens is 455 g/mol. The van der Waals surface area contributed by atoms with Gasteiger partial charge < -0.3 is 14.6 Å². The number of anilines is 1. The minimum absolute atomic E-state index is 0.00726. The van der Waals surface area contributed by atoms with Gasteiger partial charge in [-0.3, -0.25) is 4.79 Å². The van der Waals surface area contributed by atoms with E-state index >= 15 is 0 Å². The van der Waals surface area contributed by atoms with E-state index in [9.17, 15) is 24.2 Å². The summed E-state index contributed by atoms with van der Waals surface area (Å²) in [7, 11) is -9.81. The van der Waals surface area contributed by atoms with Crippen LogP contribution in [-0.2, 0) is 10.3 Å². The number of aromatic nitrogens is 3. The van der Waals surface area contributed by atoms with Crippen LogP contribution in [-0.4, -0.2) is 27.7 Å². The minimum Gasteiger partial charge on any atom is -0.376 e. The summed E-state index contributed by atoms with van der Waals surface area (Å²) < 4.78 is 72.9. The SMILES string of the molecule is Cc1nc(N[C@H](C)c2cccc(S(F)(F)(F)(F)F)c2)c2cn(C3(C)COC3)c(=O)cc2n1. The van der Waals surface area contributed by atoms with Crippen LogP contribution in [0.1, 0.15) is 31.3 Å². The summed E-state index contributed by atoms with van der Waals surface area (Å²) in [6.45, 7) is 5.71. The van der Waals surface area contributed by atoms with Crippen LogP contribution in [0.3, 0.4) is 0 Å². The molecule has 0 spiro atoms. The zero-order valence-electron chi connectivity index (χ0n) is 17.4. The number of rotatable bonds is 5. The summed E-state index contributed by atoms with van der Waals surface area (Å²) in [4.78, 5) is 19.2. The number of benzene rings is 1. The first kappa shape index (κ1) is 22.5. The van der Waals surface area contributed by atoms with E-state index in [4.69, 9.17) is 4.74 Å². The molecule has 1 fully saturated rings. The lowest BCUT2D eigenvalue weighted by atomic mass is 10.00. The molecule has 0 amide bonds. The van der Waals surface area contributed by atoms with Gasteiger partial charge in [0.15, 0.2) is 0 Å². The third kappa shape index (κ3) is 4.16. The highest BCUT2D eigenvalue weighted by Crippen LogP contribution is 3.02. The zero-order chi connectivity index (χ0) is 23.6. The number of hydrogen-bond acceptors (Lipinski definition) is 5. The van der Waals surface area contributed by atoms with Crippen molar-refractivity contribution in [2.45, 2.75) is 37.2 Å². The summed E-state index contributed by atoms with van der Waals surface area (Å²) in [5.74, 6) is 0.610. The molecule has 2 aromatic heterocycles. The monoisotopic (exact) mass is 476 g/mol. The fraction of sp³-hybridized carbons (Fsp3) is 0.350. The Morgan fingerprint density at radius 3 is 2.44 bits per heavy atom. The predicted octanol–water partition coefficient (Wildman–Crippen LogP) is 5.68. The Morgan fingerprint density at radius 2 is 1.84 bits per heavy atom. The summed E-state index contributed by atoms with van der Waals surface area (Å²) in [5.41, 5.74) is -0.440. The number of halogens is 5. The largest absolute Gasteiger partial charge is 0.376 e. The van der Waals surface area contributed by atoms with Gasteiger partial charge in [0.05, 0.1) is 35.7 Å². The minimum atomic E-state index is -9.81. The topological polar surface area (TPSA) is 69.0 Å². The van der Waals surface area contributed by atoms with Crippen LogP contribution in [0.5, 0.6) is 0 Å². The molecule has 1 atom stereocenters. The molecule has 174 valence electrons. The van der Waals surface area contributed by atoms with Crippen LogP contribution in [0.25, 0.3) is 10.9 Å². The van der Waals surface area contributed by atoms with Crippen LogP contribution in [0.15, 0.2) is 46.2 Å². The van der Waals surface area contributed by atoms with E-state index in [2.05, 4.69) is 15.3 Å². The van der Waals surface area contributed by atoms with Crippen molar-refractivity contribution in [3.05, 3.63) is 58.3 Å². The highest BCUT2D eigenvalue weighted by molar-refractivity contribution is 8.45. The molecule has 6 nitrogen and oxygen atoms in total. The van der Waals surface area contributed by atoms with E-state index in [1.54, 1.807) is 13.1 Å². The van der Waals surface area contributed by atoms with E-state index in [0.717, 1.165) is 6.07 Å².